The highest BCUT2D eigenvalue weighted by Gasteiger charge is 2.40. The molecule has 0 N–H and O–H groups in total. The van der Waals surface area contributed by atoms with Gasteiger partial charge in [-0.15, -0.1) is 0 Å². The summed E-state index contributed by atoms with van der Waals surface area (Å²) in [5.41, 5.74) is 0. The van der Waals surface area contributed by atoms with Gasteiger partial charge in [0.2, 0.25) is 0 Å². The molecule has 0 aromatic rings. The smallest absolute Gasteiger partial charge is 0.171 e. The van der Waals surface area contributed by atoms with Gasteiger partial charge in [-0.1, -0.05) is 34.1 Å². The van der Waals surface area contributed by atoms with Crippen molar-refractivity contribution in [3.8, 4) is 0 Å². The second-order valence-corrected chi connectivity index (χ2v) is 4.36. The van der Waals surface area contributed by atoms with Gasteiger partial charge < -0.3 is 0 Å². The van der Waals surface area contributed by atoms with Crippen LogP contribution in [0.15, 0.2) is 0 Å². The van der Waals surface area contributed by atoms with E-state index in [9.17, 15) is 13.2 Å². The Morgan fingerprint density at radius 2 is 1.38 bits per heavy atom. The van der Waals surface area contributed by atoms with Gasteiger partial charge in [0, 0.05) is 0 Å². The van der Waals surface area contributed by atoms with Crippen molar-refractivity contribution in [3.05, 3.63) is 0 Å². The van der Waals surface area contributed by atoms with E-state index in [1.807, 2.05) is 13.8 Å². The van der Waals surface area contributed by atoms with Crippen LogP contribution in [0.3, 0.4) is 0 Å². The lowest BCUT2D eigenvalue weighted by molar-refractivity contribution is -0.188. The summed E-state index contributed by atoms with van der Waals surface area (Å²) in [5.74, 6) is -1.09. The molecule has 0 radical (unpaired) electrons. The summed E-state index contributed by atoms with van der Waals surface area (Å²) in [6.45, 7) is 7.18. The Morgan fingerprint density at radius 3 is 1.62 bits per heavy atom. The largest absolute Gasteiger partial charge is 0.392 e. The van der Waals surface area contributed by atoms with E-state index in [0.29, 0.717) is 12.3 Å². The van der Waals surface area contributed by atoms with E-state index in [-0.39, 0.29) is 12.3 Å². The molecule has 0 saturated carbocycles. The molecule has 0 fully saturated rings. The van der Waals surface area contributed by atoms with Gasteiger partial charge in [-0.05, 0) is 18.3 Å². The van der Waals surface area contributed by atoms with E-state index in [1.54, 1.807) is 13.8 Å². The maximum atomic E-state index is 12.4. The van der Waals surface area contributed by atoms with Gasteiger partial charge in [-0.2, -0.15) is 13.2 Å². The fourth-order valence-corrected chi connectivity index (χ4v) is 1.39. The van der Waals surface area contributed by atoms with Crippen LogP contribution in [-0.2, 0) is 0 Å². The number of alkyl halides is 3. The minimum atomic E-state index is -4.02. The van der Waals surface area contributed by atoms with Crippen LogP contribution < -0.4 is 0 Å². The molecule has 0 aliphatic heterocycles. The maximum absolute atomic E-state index is 12.4. The van der Waals surface area contributed by atoms with E-state index in [4.69, 9.17) is 0 Å². The molecule has 0 bridgehead atoms. The Balaban J connectivity index is 4.12. The van der Waals surface area contributed by atoms with Crippen LogP contribution in [0.4, 0.5) is 13.2 Å². The van der Waals surface area contributed by atoms with Crippen LogP contribution >= 0.6 is 0 Å². The first-order valence-corrected chi connectivity index (χ1v) is 4.81. The molecule has 0 amide bonds. The van der Waals surface area contributed by atoms with Crippen molar-refractivity contribution < 1.29 is 13.2 Å². The molecule has 0 aromatic carbocycles. The maximum Gasteiger partial charge on any atom is 0.392 e. The van der Waals surface area contributed by atoms with Crippen molar-refractivity contribution in [2.24, 2.45) is 17.8 Å². The van der Waals surface area contributed by atoms with E-state index in [2.05, 4.69) is 0 Å². The third-order valence-electron chi connectivity index (χ3n) is 2.28. The lowest BCUT2D eigenvalue weighted by atomic mass is 9.88. The predicted octanol–water partition coefficient (Wildman–Crippen LogP) is 4.26. The van der Waals surface area contributed by atoms with Crippen LogP contribution in [0, 0.1) is 17.8 Å². The van der Waals surface area contributed by atoms with Gasteiger partial charge in [-0.25, -0.2) is 0 Å². The Bertz CT molecular complexity index is 136. The number of hydrogen-bond acceptors (Lipinski definition) is 0. The standard InChI is InChI=1S/C10H19F3/c1-7(2)5-6-9(8(3)4)10(11,12)13/h7-9H,5-6H2,1-4H3. The lowest BCUT2D eigenvalue weighted by Crippen LogP contribution is -2.27. The van der Waals surface area contributed by atoms with Crippen molar-refractivity contribution in [3.63, 3.8) is 0 Å². The average Bonchev–Trinajstić information content (AvgIpc) is 1.81. The van der Waals surface area contributed by atoms with Crippen LogP contribution in [-0.4, -0.2) is 6.18 Å². The summed E-state index contributed by atoms with van der Waals surface area (Å²) in [6.07, 6.45) is -3.11. The fourth-order valence-electron chi connectivity index (χ4n) is 1.39. The molecule has 0 aliphatic rings. The minimum absolute atomic E-state index is 0.263. The van der Waals surface area contributed by atoms with E-state index in [0.717, 1.165) is 0 Å². The van der Waals surface area contributed by atoms with Crippen molar-refractivity contribution in [2.75, 3.05) is 0 Å². The molecule has 0 saturated heterocycles. The Morgan fingerprint density at radius 1 is 0.923 bits per heavy atom. The van der Waals surface area contributed by atoms with E-state index < -0.39 is 12.1 Å². The predicted molar refractivity (Wildman–Crippen MR) is 48.5 cm³/mol. The highest BCUT2D eigenvalue weighted by atomic mass is 19.4. The molecule has 1 atom stereocenters. The monoisotopic (exact) mass is 196 g/mol. The van der Waals surface area contributed by atoms with Crippen molar-refractivity contribution in [2.45, 2.75) is 46.7 Å². The SMILES string of the molecule is CC(C)CCC(C(C)C)C(F)(F)F. The summed E-state index contributed by atoms with van der Waals surface area (Å²) >= 11 is 0. The molecule has 0 aliphatic carbocycles. The minimum Gasteiger partial charge on any atom is -0.171 e. The van der Waals surface area contributed by atoms with Gasteiger partial charge in [0.1, 0.15) is 0 Å². The molecule has 0 aromatic heterocycles. The highest BCUT2D eigenvalue weighted by molar-refractivity contribution is 4.71. The van der Waals surface area contributed by atoms with Gasteiger partial charge in [0.05, 0.1) is 5.92 Å². The van der Waals surface area contributed by atoms with Gasteiger partial charge in [0.25, 0.3) is 0 Å². The fraction of sp³-hybridized carbons (Fsp3) is 1.00. The summed E-state index contributed by atoms with van der Waals surface area (Å²) in [6, 6.07) is 0. The Labute approximate surface area is 78.5 Å². The first kappa shape index (κ1) is 12.8. The molecular formula is C10H19F3. The first-order chi connectivity index (χ1) is 5.75. The molecule has 0 rings (SSSR count). The third kappa shape index (κ3) is 5.17. The van der Waals surface area contributed by atoms with Crippen LogP contribution in [0.5, 0.6) is 0 Å². The average molecular weight is 196 g/mol. The zero-order valence-corrected chi connectivity index (χ0v) is 8.78. The topological polar surface area (TPSA) is 0 Å². The molecule has 0 nitrogen and oxygen atoms in total. The summed E-state index contributed by atoms with van der Waals surface area (Å²) in [4.78, 5) is 0. The molecule has 3 heteroatoms. The van der Waals surface area contributed by atoms with Crippen molar-refractivity contribution >= 4 is 0 Å². The molecule has 0 heterocycles. The van der Waals surface area contributed by atoms with Gasteiger partial charge in [-0.3, -0.25) is 0 Å². The van der Waals surface area contributed by atoms with Crippen molar-refractivity contribution in [1.82, 2.24) is 0 Å². The molecule has 80 valence electrons. The molecule has 13 heavy (non-hydrogen) atoms. The molecule has 0 spiro atoms. The molecule has 1 unspecified atom stereocenters. The van der Waals surface area contributed by atoms with E-state index >= 15 is 0 Å². The normalized spacial score (nSPS) is 15.5. The number of halogens is 3. The number of hydrogen-bond donors (Lipinski definition) is 0. The van der Waals surface area contributed by atoms with Crippen LogP contribution in [0.1, 0.15) is 40.5 Å². The third-order valence-corrected chi connectivity index (χ3v) is 2.28. The van der Waals surface area contributed by atoms with Crippen LogP contribution in [0.25, 0.3) is 0 Å². The highest BCUT2D eigenvalue weighted by Crippen LogP contribution is 2.35. The zero-order valence-electron chi connectivity index (χ0n) is 8.78. The second-order valence-electron chi connectivity index (χ2n) is 4.36. The number of rotatable bonds is 4. The Kier molecular flexibility index (Phi) is 4.79. The van der Waals surface area contributed by atoms with Crippen LogP contribution in [0.2, 0.25) is 0 Å². The first-order valence-electron chi connectivity index (χ1n) is 4.81. The zero-order chi connectivity index (χ0) is 10.6. The summed E-state index contributed by atoms with van der Waals surface area (Å²) in [7, 11) is 0. The van der Waals surface area contributed by atoms with Gasteiger partial charge in [0.15, 0.2) is 0 Å². The van der Waals surface area contributed by atoms with Gasteiger partial charge >= 0.3 is 6.18 Å². The van der Waals surface area contributed by atoms with Crippen molar-refractivity contribution in [1.29, 1.82) is 0 Å². The Hall–Kier alpha value is -0.210. The molecular weight excluding hydrogens is 177 g/mol. The van der Waals surface area contributed by atoms with E-state index in [1.165, 1.54) is 0 Å². The second kappa shape index (κ2) is 4.87. The summed E-state index contributed by atoms with van der Waals surface area (Å²) in [5, 5.41) is 0. The lowest BCUT2D eigenvalue weighted by Gasteiger charge is -2.24. The summed E-state index contributed by atoms with van der Waals surface area (Å²) < 4.78 is 37.3. The quantitative estimate of drug-likeness (QED) is 0.630.